The highest BCUT2D eigenvalue weighted by molar-refractivity contribution is 9.10. The van der Waals surface area contributed by atoms with Gasteiger partial charge in [0.25, 0.3) is 0 Å². The van der Waals surface area contributed by atoms with Crippen molar-refractivity contribution in [3.63, 3.8) is 0 Å². The molecule has 16 heavy (non-hydrogen) atoms. The van der Waals surface area contributed by atoms with Crippen LogP contribution >= 0.6 is 15.9 Å². The van der Waals surface area contributed by atoms with Gasteiger partial charge in [0, 0.05) is 17.2 Å². The third kappa shape index (κ3) is 2.01. The van der Waals surface area contributed by atoms with E-state index in [0.717, 1.165) is 12.8 Å². The lowest BCUT2D eigenvalue weighted by atomic mass is 10.0. The molecule has 0 spiro atoms. The number of phenolic OH excluding ortho intramolecular Hbond substituents is 1. The number of hydrogen-bond donors (Lipinski definition) is 2. The van der Waals surface area contributed by atoms with E-state index in [-0.39, 0.29) is 17.0 Å². The fourth-order valence-corrected chi connectivity index (χ4v) is 2.16. The van der Waals surface area contributed by atoms with Crippen LogP contribution in [0.3, 0.4) is 0 Å². The minimum absolute atomic E-state index is 0.0804. The Morgan fingerprint density at radius 1 is 1.62 bits per heavy atom. The van der Waals surface area contributed by atoms with Crippen molar-refractivity contribution in [1.82, 2.24) is 0 Å². The van der Waals surface area contributed by atoms with Crippen molar-refractivity contribution in [2.75, 3.05) is 7.11 Å². The van der Waals surface area contributed by atoms with Gasteiger partial charge < -0.3 is 15.6 Å². The Labute approximate surface area is 102 Å². The molecular weight excluding hydrogens is 277 g/mol. The number of phenols is 1. The lowest BCUT2D eigenvalue weighted by Crippen LogP contribution is -2.25. The van der Waals surface area contributed by atoms with E-state index in [2.05, 4.69) is 15.9 Å². The van der Waals surface area contributed by atoms with Crippen molar-refractivity contribution >= 4 is 15.9 Å². The molecule has 2 rings (SSSR count). The van der Waals surface area contributed by atoms with Crippen LogP contribution in [0.1, 0.15) is 18.4 Å². The third-order valence-electron chi connectivity index (χ3n) is 2.89. The Hall–Kier alpha value is -0.810. The molecule has 0 aliphatic heterocycles. The Morgan fingerprint density at radius 2 is 2.25 bits per heavy atom. The van der Waals surface area contributed by atoms with Crippen LogP contribution in [0.15, 0.2) is 10.5 Å². The van der Waals surface area contributed by atoms with Gasteiger partial charge in [0.2, 0.25) is 0 Å². The molecule has 5 heteroatoms. The van der Waals surface area contributed by atoms with Crippen molar-refractivity contribution in [3.8, 4) is 11.5 Å². The van der Waals surface area contributed by atoms with Gasteiger partial charge in [-0.2, -0.15) is 0 Å². The zero-order valence-corrected chi connectivity index (χ0v) is 10.5. The fraction of sp³-hybridized carbons (Fsp3) is 0.455. The van der Waals surface area contributed by atoms with E-state index < -0.39 is 5.82 Å². The molecule has 1 saturated carbocycles. The van der Waals surface area contributed by atoms with E-state index in [0.29, 0.717) is 16.5 Å². The summed E-state index contributed by atoms with van der Waals surface area (Å²) in [5, 5.41) is 9.74. The molecule has 0 aromatic heterocycles. The highest BCUT2D eigenvalue weighted by Gasteiger charge is 2.39. The molecule has 1 aromatic rings. The van der Waals surface area contributed by atoms with E-state index in [1.54, 1.807) is 0 Å². The predicted octanol–water partition coefficient (Wildman–Crippen LogP) is 2.34. The van der Waals surface area contributed by atoms with E-state index in [1.807, 2.05) is 0 Å². The van der Waals surface area contributed by atoms with Gasteiger partial charge >= 0.3 is 0 Å². The standard InChI is InChI=1S/C11H13BrFNO2/c1-16-8-4-7(13)6(9(12)10(8)15)5-11(14)2-3-11/h4,15H,2-3,5,14H2,1H3. The summed E-state index contributed by atoms with van der Waals surface area (Å²) in [5.74, 6) is -0.364. The summed E-state index contributed by atoms with van der Waals surface area (Å²) in [4.78, 5) is 0. The molecule has 0 bridgehead atoms. The van der Waals surface area contributed by atoms with Crippen molar-refractivity contribution < 1.29 is 14.2 Å². The van der Waals surface area contributed by atoms with Crippen LogP contribution in [0, 0.1) is 5.82 Å². The van der Waals surface area contributed by atoms with E-state index in [4.69, 9.17) is 10.5 Å². The van der Waals surface area contributed by atoms with Crippen LogP contribution < -0.4 is 10.5 Å². The van der Waals surface area contributed by atoms with Gasteiger partial charge in [0.15, 0.2) is 11.5 Å². The molecule has 0 radical (unpaired) electrons. The van der Waals surface area contributed by atoms with Gasteiger partial charge in [-0.3, -0.25) is 0 Å². The quantitative estimate of drug-likeness (QED) is 0.898. The molecule has 1 aliphatic rings. The van der Waals surface area contributed by atoms with Crippen LogP contribution in [-0.4, -0.2) is 17.8 Å². The Balaban J connectivity index is 2.41. The zero-order valence-electron chi connectivity index (χ0n) is 8.89. The first-order valence-electron chi connectivity index (χ1n) is 4.99. The minimum Gasteiger partial charge on any atom is -0.503 e. The second-order valence-electron chi connectivity index (χ2n) is 4.24. The van der Waals surface area contributed by atoms with Crippen LogP contribution in [0.2, 0.25) is 0 Å². The first-order chi connectivity index (χ1) is 7.47. The first-order valence-corrected chi connectivity index (χ1v) is 5.79. The second-order valence-corrected chi connectivity index (χ2v) is 5.03. The molecule has 88 valence electrons. The summed E-state index contributed by atoms with van der Waals surface area (Å²) >= 11 is 3.18. The summed E-state index contributed by atoms with van der Waals surface area (Å²) in [6.07, 6.45) is 2.22. The largest absolute Gasteiger partial charge is 0.503 e. The van der Waals surface area contributed by atoms with Gasteiger partial charge in [-0.05, 0) is 35.2 Å². The average molecular weight is 290 g/mol. The molecule has 0 atom stereocenters. The van der Waals surface area contributed by atoms with E-state index in [1.165, 1.54) is 13.2 Å². The summed E-state index contributed by atoms with van der Waals surface area (Å²) in [6, 6.07) is 1.18. The zero-order chi connectivity index (χ0) is 11.9. The van der Waals surface area contributed by atoms with Crippen molar-refractivity contribution in [2.45, 2.75) is 24.8 Å². The maximum atomic E-state index is 13.8. The normalized spacial score (nSPS) is 17.2. The van der Waals surface area contributed by atoms with Gasteiger partial charge in [-0.25, -0.2) is 4.39 Å². The Morgan fingerprint density at radius 3 is 2.75 bits per heavy atom. The van der Waals surface area contributed by atoms with Gasteiger partial charge in [-0.1, -0.05) is 0 Å². The summed E-state index contributed by atoms with van der Waals surface area (Å²) in [7, 11) is 1.38. The van der Waals surface area contributed by atoms with Gasteiger partial charge in [-0.15, -0.1) is 0 Å². The number of ether oxygens (including phenoxy) is 1. The Kier molecular flexibility index (Phi) is 2.84. The number of methoxy groups -OCH3 is 1. The molecule has 0 saturated heterocycles. The second kappa shape index (κ2) is 3.89. The molecule has 0 unspecified atom stereocenters. The summed E-state index contributed by atoms with van der Waals surface area (Å²) in [6.45, 7) is 0. The number of hydrogen-bond acceptors (Lipinski definition) is 3. The maximum absolute atomic E-state index is 13.8. The number of rotatable bonds is 3. The number of aromatic hydroxyl groups is 1. The third-order valence-corrected chi connectivity index (χ3v) is 3.75. The average Bonchev–Trinajstić information content (AvgIpc) is 2.97. The molecule has 1 aliphatic carbocycles. The molecule has 0 heterocycles. The maximum Gasteiger partial charge on any atom is 0.172 e. The highest BCUT2D eigenvalue weighted by atomic mass is 79.9. The molecule has 1 aromatic carbocycles. The molecule has 1 fully saturated rings. The number of halogens is 2. The van der Waals surface area contributed by atoms with Crippen LogP contribution in [0.5, 0.6) is 11.5 Å². The van der Waals surface area contributed by atoms with Crippen molar-refractivity contribution in [1.29, 1.82) is 0 Å². The van der Waals surface area contributed by atoms with Crippen molar-refractivity contribution in [3.05, 3.63) is 21.9 Å². The van der Waals surface area contributed by atoms with E-state index >= 15 is 0 Å². The topological polar surface area (TPSA) is 55.5 Å². The summed E-state index contributed by atoms with van der Waals surface area (Å²) in [5.41, 5.74) is 6.05. The minimum atomic E-state index is -0.404. The number of nitrogens with two attached hydrogens (primary N) is 1. The van der Waals surface area contributed by atoms with Crippen LogP contribution in [-0.2, 0) is 6.42 Å². The molecule has 0 amide bonds. The summed E-state index contributed by atoms with van der Waals surface area (Å²) < 4.78 is 18.9. The SMILES string of the molecule is COc1cc(F)c(CC2(N)CC2)c(Br)c1O. The first kappa shape index (κ1) is 11.7. The van der Waals surface area contributed by atoms with Crippen LogP contribution in [0.25, 0.3) is 0 Å². The molecule has 3 N–H and O–H groups in total. The predicted molar refractivity (Wildman–Crippen MR) is 62.2 cm³/mol. The lowest BCUT2D eigenvalue weighted by Gasteiger charge is -2.14. The smallest absolute Gasteiger partial charge is 0.172 e. The van der Waals surface area contributed by atoms with Gasteiger partial charge in [0.05, 0.1) is 11.6 Å². The number of benzene rings is 1. The van der Waals surface area contributed by atoms with Crippen LogP contribution in [0.4, 0.5) is 4.39 Å². The molecular formula is C11H13BrFNO2. The lowest BCUT2D eigenvalue weighted by molar-refractivity contribution is 0.367. The monoisotopic (exact) mass is 289 g/mol. The highest BCUT2D eigenvalue weighted by Crippen LogP contribution is 2.43. The fourth-order valence-electron chi connectivity index (χ4n) is 1.63. The van der Waals surface area contributed by atoms with E-state index in [9.17, 15) is 9.50 Å². The van der Waals surface area contributed by atoms with Gasteiger partial charge in [0.1, 0.15) is 5.82 Å². The molecule has 3 nitrogen and oxygen atoms in total. The van der Waals surface area contributed by atoms with Crippen molar-refractivity contribution in [2.24, 2.45) is 5.73 Å². The Bertz CT molecular complexity index is 432.